The van der Waals surface area contributed by atoms with E-state index < -0.39 is 11.1 Å². The maximum absolute atomic E-state index is 13.1. The Hall–Kier alpha value is -3.52. The third kappa shape index (κ3) is 6.63. The Kier molecular flexibility index (Phi) is 9.06. The first kappa shape index (κ1) is 26.5. The number of hydrogen-bond acceptors (Lipinski definition) is 6. The van der Waals surface area contributed by atoms with E-state index in [0.29, 0.717) is 49.8 Å². The highest BCUT2D eigenvalue weighted by atomic mass is 32.2. The van der Waals surface area contributed by atoms with Crippen LogP contribution in [0.15, 0.2) is 60.0 Å². The lowest BCUT2D eigenvalue weighted by Gasteiger charge is -2.27. The van der Waals surface area contributed by atoms with Crippen molar-refractivity contribution in [2.75, 3.05) is 26.2 Å². The molecule has 0 N–H and O–H groups in total. The molecule has 0 spiro atoms. The lowest BCUT2D eigenvalue weighted by atomic mass is 10.0. The zero-order valence-corrected chi connectivity index (χ0v) is 21.9. The predicted molar refractivity (Wildman–Crippen MR) is 145 cm³/mol. The molecule has 4 rings (SSSR count). The normalized spacial score (nSPS) is 16.8. The third-order valence-electron chi connectivity index (χ3n) is 6.22. The second-order valence-electron chi connectivity index (χ2n) is 8.92. The number of ether oxygens (including phenoxy) is 2. The summed E-state index contributed by atoms with van der Waals surface area (Å²) in [4.78, 5) is 41.4. The largest absolute Gasteiger partial charge is 0.490 e. The van der Waals surface area contributed by atoms with Crippen LogP contribution in [-0.4, -0.2) is 53.1 Å². The SMILES string of the molecule is C=CCc1cc(/C=C2\SC(=O)N(CC(=O)N3CCCCC3)C2=O)cc(OCC)c1OCc1ccccc1. The van der Waals surface area contributed by atoms with Gasteiger partial charge in [0.25, 0.3) is 11.1 Å². The average molecular weight is 521 g/mol. The topological polar surface area (TPSA) is 76.2 Å². The number of piperidine rings is 1. The Bertz CT molecular complexity index is 1190. The van der Waals surface area contributed by atoms with Crippen LogP contribution in [0.2, 0.25) is 0 Å². The Morgan fingerprint density at radius 2 is 1.84 bits per heavy atom. The van der Waals surface area contributed by atoms with Gasteiger partial charge in [-0.2, -0.15) is 0 Å². The van der Waals surface area contributed by atoms with Crippen molar-refractivity contribution in [3.63, 3.8) is 0 Å². The first-order chi connectivity index (χ1) is 18.0. The molecule has 2 fully saturated rings. The standard InChI is InChI=1S/C29H32N2O5S/c1-3-11-23-16-22(17-24(35-4-2)27(23)36-20-21-12-7-5-8-13-21)18-25-28(33)31(29(34)37-25)19-26(32)30-14-9-6-10-15-30/h3,5,7-8,12-13,16-18H,1,4,6,9-11,14-15,19-20H2,2H3/b25-18-. The summed E-state index contributed by atoms with van der Waals surface area (Å²) in [6.45, 7) is 7.71. The summed E-state index contributed by atoms with van der Waals surface area (Å²) in [6, 6.07) is 13.6. The summed E-state index contributed by atoms with van der Waals surface area (Å²) >= 11 is 0.851. The van der Waals surface area contributed by atoms with Crippen molar-refractivity contribution in [3.8, 4) is 11.5 Å². The number of rotatable bonds is 10. The van der Waals surface area contributed by atoms with Crippen LogP contribution in [-0.2, 0) is 22.6 Å². The summed E-state index contributed by atoms with van der Waals surface area (Å²) in [7, 11) is 0. The number of thioether (sulfide) groups is 1. The van der Waals surface area contributed by atoms with Crippen LogP contribution in [0.4, 0.5) is 4.79 Å². The van der Waals surface area contributed by atoms with Crippen LogP contribution in [0.5, 0.6) is 11.5 Å². The molecule has 194 valence electrons. The van der Waals surface area contributed by atoms with Gasteiger partial charge in [0.15, 0.2) is 11.5 Å². The number of carbonyl (C=O) groups is 3. The number of amides is 3. The van der Waals surface area contributed by atoms with Gasteiger partial charge in [0.2, 0.25) is 5.91 Å². The molecule has 8 heteroatoms. The van der Waals surface area contributed by atoms with Crippen LogP contribution >= 0.6 is 11.8 Å². The van der Waals surface area contributed by atoms with E-state index in [9.17, 15) is 14.4 Å². The number of allylic oxidation sites excluding steroid dienone is 1. The minimum atomic E-state index is -0.451. The van der Waals surface area contributed by atoms with Crippen LogP contribution in [0.25, 0.3) is 6.08 Å². The van der Waals surface area contributed by atoms with E-state index in [1.807, 2.05) is 49.4 Å². The molecule has 2 saturated heterocycles. The Morgan fingerprint density at radius 3 is 2.54 bits per heavy atom. The summed E-state index contributed by atoms with van der Waals surface area (Å²) in [5.41, 5.74) is 2.61. The maximum atomic E-state index is 13.1. The molecule has 0 aliphatic carbocycles. The number of carbonyl (C=O) groups excluding carboxylic acids is 3. The zero-order chi connectivity index (χ0) is 26.2. The molecule has 0 saturated carbocycles. The van der Waals surface area contributed by atoms with Gasteiger partial charge in [0, 0.05) is 18.7 Å². The number of hydrogen-bond donors (Lipinski definition) is 0. The molecule has 2 heterocycles. The zero-order valence-electron chi connectivity index (χ0n) is 21.1. The van der Waals surface area contributed by atoms with Crippen molar-refractivity contribution in [2.45, 2.75) is 39.2 Å². The Labute approximate surface area is 222 Å². The molecular weight excluding hydrogens is 488 g/mol. The molecular formula is C29H32N2O5S. The van der Waals surface area contributed by atoms with Crippen molar-refractivity contribution < 1.29 is 23.9 Å². The fraction of sp³-hybridized carbons (Fsp3) is 0.345. The maximum Gasteiger partial charge on any atom is 0.294 e. The smallest absolute Gasteiger partial charge is 0.294 e. The van der Waals surface area contributed by atoms with Gasteiger partial charge in [-0.25, -0.2) is 0 Å². The fourth-order valence-corrected chi connectivity index (χ4v) is 5.23. The second kappa shape index (κ2) is 12.6. The lowest BCUT2D eigenvalue weighted by molar-refractivity contribution is -0.136. The third-order valence-corrected chi connectivity index (χ3v) is 7.13. The molecule has 0 radical (unpaired) electrons. The average Bonchev–Trinajstić information content (AvgIpc) is 3.17. The molecule has 3 amide bonds. The van der Waals surface area contributed by atoms with Crippen molar-refractivity contribution >= 4 is 34.9 Å². The molecule has 0 aromatic heterocycles. The van der Waals surface area contributed by atoms with Crippen LogP contribution in [0.3, 0.4) is 0 Å². The molecule has 2 aromatic carbocycles. The molecule has 0 unspecified atom stereocenters. The van der Waals surface area contributed by atoms with Crippen molar-refractivity contribution in [1.82, 2.24) is 9.80 Å². The van der Waals surface area contributed by atoms with Crippen LogP contribution < -0.4 is 9.47 Å². The summed E-state index contributed by atoms with van der Waals surface area (Å²) in [6.07, 6.45) is 7.00. The van der Waals surface area contributed by atoms with Gasteiger partial charge in [-0.05, 0) is 73.7 Å². The van der Waals surface area contributed by atoms with Gasteiger partial charge >= 0.3 is 0 Å². The fourth-order valence-electron chi connectivity index (χ4n) is 4.40. The first-order valence-electron chi connectivity index (χ1n) is 12.6. The predicted octanol–water partition coefficient (Wildman–Crippen LogP) is 5.44. The molecule has 0 bridgehead atoms. The van der Waals surface area contributed by atoms with E-state index in [0.717, 1.165) is 47.1 Å². The number of likely N-dealkylation sites (tertiary alicyclic amines) is 1. The van der Waals surface area contributed by atoms with Crippen LogP contribution in [0.1, 0.15) is 42.9 Å². The summed E-state index contributed by atoms with van der Waals surface area (Å²) < 4.78 is 12.1. The van der Waals surface area contributed by atoms with Gasteiger partial charge < -0.3 is 14.4 Å². The van der Waals surface area contributed by atoms with E-state index in [1.165, 1.54) is 0 Å². The number of benzene rings is 2. The quantitative estimate of drug-likeness (QED) is 0.307. The Morgan fingerprint density at radius 1 is 1.08 bits per heavy atom. The second-order valence-corrected chi connectivity index (χ2v) is 9.91. The van der Waals surface area contributed by atoms with Gasteiger partial charge in [-0.1, -0.05) is 36.4 Å². The number of imide groups is 1. The van der Waals surface area contributed by atoms with Crippen molar-refractivity contribution in [3.05, 3.63) is 76.7 Å². The van der Waals surface area contributed by atoms with Crippen molar-refractivity contribution in [2.24, 2.45) is 0 Å². The Balaban J connectivity index is 1.56. The minimum Gasteiger partial charge on any atom is -0.490 e. The van der Waals surface area contributed by atoms with Crippen LogP contribution in [0, 0.1) is 0 Å². The van der Waals surface area contributed by atoms with E-state index >= 15 is 0 Å². The molecule has 2 aromatic rings. The molecule has 0 atom stereocenters. The highest BCUT2D eigenvalue weighted by Gasteiger charge is 2.37. The van der Waals surface area contributed by atoms with Gasteiger partial charge in [0.1, 0.15) is 13.2 Å². The highest BCUT2D eigenvalue weighted by molar-refractivity contribution is 8.18. The van der Waals surface area contributed by atoms with E-state index in [1.54, 1.807) is 17.1 Å². The van der Waals surface area contributed by atoms with Gasteiger partial charge in [-0.3, -0.25) is 19.3 Å². The van der Waals surface area contributed by atoms with E-state index in [2.05, 4.69) is 6.58 Å². The highest BCUT2D eigenvalue weighted by Crippen LogP contribution is 2.38. The molecule has 7 nitrogen and oxygen atoms in total. The summed E-state index contributed by atoms with van der Waals surface area (Å²) in [5.74, 6) is 0.551. The first-order valence-corrected chi connectivity index (χ1v) is 13.4. The lowest BCUT2D eigenvalue weighted by Crippen LogP contribution is -2.44. The molecule has 37 heavy (non-hydrogen) atoms. The van der Waals surface area contributed by atoms with E-state index in [-0.39, 0.29) is 17.4 Å². The van der Waals surface area contributed by atoms with Gasteiger partial charge in [0.05, 0.1) is 11.5 Å². The molecule has 2 aliphatic rings. The molecule has 2 aliphatic heterocycles. The van der Waals surface area contributed by atoms with E-state index in [4.69, 9.17) is 9.47 Å². The minimum absolute atomic E-state index is 0.185. The summed E-state index contributed by atoms with van der Waals surface area (Å²) in [5, 5.41) is -0.430. The monoisotopic (exact) mass is 520 g/mol. The number of nitrogens with zero attached hydrogens (tertiary/aromatic N) is 2. The van der Waals surface area contributed by atoms with Crippen molar-refractivity contribution in [1.29, 1.82) is 0 Å². The van der Waals surface area contributed by atoms with Gasteiger partial charge in [-0.15, -0.1) is 6.58 Å².